The summed E-state index contributed by atoms with van der Waals surface area (Å²) in [7, 11) is 0. The van der Waals surface area contributed by atoms with Crippen LogP contribution in [0.1, 0.15) is 34.1 Å². The van der Waals surface area contributed by atoms with E-state index in [0.717, 1.165) is 17.9 Å². The maximum atomic E-state index is 2.59. The molecular weight excluding hydrogens is 134 g/mol. The second kappa shape index (κ2) is 3.57. The molecule has 1 heteroatoms. The molecule has 1 fully saturated rings. The fourth-order valence-electron chi connectivity index (χ4n) is 2.09. The third-order valence-electron chi connectivity index (χ3n) is 3.51. The van der Waals surface area contributed by atoms with Crippen molar-refractivity contribution in [3.8, 4) is 0 Å². The minimum Gasteiger partial charge on any atom is -0.301 e. The van der Waals surface area contributed by atoms with Crippen LogP contribution in [0.3, 0.4) is 0 Å². The molecule has 1 nitrogen and oxygen atoms in total. The molecule has 1 saturated heterocycles. The Balaban J connectivity index is 2.52. The van der Waals surface area contributed by atoms with Crippen molar-refractivity contribution in [2.45, 2.75) is 40.2 Å². The lowest BCUT2D eigenvalue weighted by molar-refractivity contribution is 0.0805. The monoisotopic (exact) mass is 155 g/mol. The van der Waals surface area contributed by atoms with E-state index >= 15 is 0 Å². The standard InChI is InChI=1S/C10H21N/c1-5-11-7-6-8(2)9(3)10(11)4/h8-10H,5-7H2,1-4H3. The predicted molar refractivity (Wildman–Crippen MR) is 49.7 cm³/mol. The summed E-state index contributed by atoms with van der Waals surface area (Å²) in [5, 5.41) is 0. The zero-order valence-corrected chi connectivity index (χ0v) is 8.30. The topological polar surface area (TPSA) is 3.24 Å². The lowest BCUT2D eigenvalue weighted by atomic mass is 9.83. The van der Waals surface area contributed by atoms with Crippen LogP contribution in [-0.4, -0.2) is 24.0 Å². The Morgan fingerprint density at radius 3 is 2.45 bits per heavy atom. The molecule has 0 aromatic heterocycles. The summed E-state index contributed by atoms with van der Waals surface area (Å²) >= 11 is 0. The highest BCUT2D eigenvalue weighted by atomic mass is 15.2. The molecule has 0 amide bonds. The van der Waals surface area contributed by atoms with Crippen molar-refractivity contribution in [1.82, 2.24) is 4.90 Å². The maximum Gasteiger partial charge on any atom is 0.00949 e. The number of hydrogen-bond donors (Lipinski definition) is 0. The number of piperidine rings is 1. The van der Waals surface area contributed by atoms with Gasteiger partial charge in [0.1, 0.15) is 0 Å². The van der Waals surface area contributed by atoms with Crippen LogP contribution in [-0.2, 0) is 0 Å². The Labute approximate surface area is 70.8 Å². The molecule has 66 valence electrons. The Bertz CT molecular complexity index is 120. The summed E-state index contributed by atoms with van der Waals surface area (Å²) in [6.45, 7) is 11.9. The van der Waals surface area contributed by atoms with Crippen LogP contribution in [0.15, 0.2) is 0 Å². The molecule has 0 saturated carbocycles. The van der Waals surface area contributed by atoms with E-state index in [1.807, 2.05) is 0 Å². The smallest absolute Gasteiger partial charge is 0.00949 e. The predicted octanol–water partition coefficient (Wildman–Crippen LogP) is 2.37. The van der Waals surface area contributed by atoms with Crippen LogP contribution >= 0.6 is 0 Å². The third-order valence-corrected chi connectivity index (χ3v) is 3.51. The van der Waals surface area contributed by atoms with Gasteiger partial charge in [0, 0.05) is 6.04 Å². The van der Waals surface area contributed by atoms with Crippen molar-refractivity contribution >= 4 is 0 Å². The van der Waals surface area contributed by atoms with Gasteiger partial charge in [-0.1, -0.05) is 20.8 Å². The number of rotatable bonds is 1. The lowest BCUT2D eigenvalue weighted by Crippen LogP contribution is -2.45. The van der Waals surface area contributed by atoms with Gasteiger partial charge >= 0.3 is 0 Å². The molecule has 1 heterocycles. The molecule has 1 aliphatic rings. The summed E-state index contributed by atoms with van der Waals surface area (Å²) in [5.74, 6) is 1.80. The first kappa shape index (κ1) is 9.05. The van der Waals surface area contributed by atoms with Gasteiger partial charge in [0.05, 0.1) is 0 Å². The van der Waals surface area contributed by atoms with E-state index in [9.17, 15) is 0 Å². The molecule has 3 unspecified atom stereocenters. The molecule has 0 aliphatic carbocycles. The van der Waals surface area contributed by atoms with Crippen molar-refractivity contribution < 1.29 is 0 Å². The average molecular weight is 155 g/mol. The summed E-state index contributed by atoms with van der Waals surface area (Å²) < 4.78 is 0. The van der Waals surface area contributed by atoms with E-state index in [0.29, 0.717) is 0 Å². The van der Waals surface area contributed by atoms with Crippen molar-refractivity contribution in [3.63, 3.8) is 0 Å². The molecule has 1 aliphatic heterocycles. The van der Waals surface area contributed by atoms with Crippen molar-refractivity contribution in [2.75, 3.05) is 13.1 Å². The summed E-state index contributed by atoms with van der Waals surface area (Å²) in [6.07, 6.45) is 1.39. The number of likely N-dealkylation sites (tertiary alicyclic amines) is 1. The molecular formula is C10H21N. The average Bonchev–Trinajstić information content (AvgIpc) is 2.01. The SMILES string of the molecule is CCN1CCC(C)C(C)C1C. The molecule has 0 aromatic rings. The van der Waals surface area contributed by atoms with Gasteiger partial charge in [0.2, 0.25) is 0 Å². The minimum absolute atomic E-state index is 0.795. The zero-order chi connectivity index (χ0) is 8.43. The van der Waals surface area contributed by atoms with Gasteiger partial charge in [0.15, 0.2) is 0 Å². The molecule has 1 rings (SSSR count). The summed E-state index contributed by atoms with van der Waals surface area (Å²) in [5.41, 5.74) is 0. The number of hydrogen-bond acceptors (Lipinski definition) is 1. The first-order valence-electron chi connectivity index (χ1n) is 4.90. The van der Waals surface area contributed by atoms with Gasteiger partial charge < -0.3 is 4.90 Å². The van der Waals surface area contributed by atoms with Gasteiger partial charge in [-0.05, 0) is 38.3 Å². The van der Waals surface area contributed by atoms with Gasteiger partial charge in [0.25, 0.3) is 0 Å². The van der Waals surface area contributed by atoms with Crippen LogP contribution in [0.4, 0.5) is 0 Å². The van der Waals surface area contributed by atoms with E-state index in [1.165, 1.54) is 19.5 Å². The van der Waals surface area contributed by atoms with Crippen molar-refractivity contribution in [2.24, 2.45) is 11.8 Å². The van der Waals surface area contributed by atoms with Crippen LogP contribution in [0.25, 0.3) is 0 Å². The van der Waals surface area contributed by atoms with Crippen molar-refractivity contribution in [3.05, 3.63) is 0 Å². The van der Waals surface area contributed by atoms with E-state index < -0.39 is 0 Å². The molecule has 0 bridgehead atoms. The molecule has 0 N–H and O–H groups in total. The van der Waals surface area contributed by atoms with E-state index in [-0.39, 0.29) is 0 Å². The second-order valence-corrected chi connectivity index (χ2v) is 3.99. The zero-order valence-electron chi connectivity index (χ0n) is 8.30. The Morgan fingerprint density at radius 1 is 1.27 bits per heavy atom. The maximum absolute atomic E-state index is 2.59. The van der Waals surface area contributed by atoms with E-state index in [1.54, 1.807) is 0 Å². The first-order valence-corrected chi connectivity index (χ1v) is 4.90. The quantitative estimate of drug-likeness (QED) is 0.562. The summed E-state index contributed by atoms with van der Waals surface area (Å²) in [4.78, 5) is 2.59. The highest BCUT2D eigenvalue weighted by Crippen LogP contribution is 2.27. The Hall–Kier alpha value is -0.0400. The second-order valence-electron chi connectivity index (χ2n) is 3.99. The lowest BCUT2D eigenvalue weighted by Gasteiger charge is -2.41. The van der Waals surface area contributed by atoms with Gasteiger partial charge in [-0.15, -0.1) is 0 Å². The highest BCUT2D eigenvalue weighted by Gasteiger charge is 2.28. The third kappa shape index (κ3) is 1.76. The fraction of sp³-hybridized carbons (Fsp3) is 1.00. The fourth-order valence-corrected chi connectivity index (χ4v) is 2.09. The highest BCUT2D eigenvalue weighted by molar-refractivity contribution is 4.81. The van der Waals surface area contributed by atoms with E-state index in [2.05, 4.69) is 32.6 Å². The van der Waals surface area contributed by atoms with Gasteiger partial charge in [-0.3, -0.25) is 0 Å². The first-order chi connectivity index (χ1) is 5.16. The molecule has 0 spiro atoms. The molecule has 0 radical (unpaired) electrons. The Kier molecular flexibility index (Phi) is 2.94. The van der Waals surface area contributed by atoms with Crippen LogP contribution in [0.5, 0.6) is 0 Å². The van der Waals surface area contributed by atoms with Crippen LogP contribution < -0.4 is 0 Å². The number of nitrogens with zero attached hydrogens (tertiary/aromatic N) is 1. The molecule has 11 heavy (non-hydrogen) atoms. The Morgan fingerprint density at radius 2 is 1.91 bits per heavy atom. The van der Waals surface area contributed by atoms with Gasteiger partial charge in [-0.2, -0.15) is 0 Å². The molecule has 3 atom stereocenters. The van der Waals surface area contributed by atoms with Gasteiger partial charge in [-0.25, -0.2) is 0 Å². The van der Waals surface area contributed by atoms with Crippen LogP contribution in [0.2, 0.25) is 0 Å². The minimum atomic E-state index is 0.795. The van der Waals surface area contributed by atoms with E-state index in [4.69, 9.17) is 0 Å². The van der Waals surface area contributed by atoms with Crippen molar-refractivity contribution in [1.29, 1.82) is 0 Å². The largest absolute Gasteiger partial charge is 0.301 e. The normalized spacial score (nSPS) is 40.9. The summed E-state index contributed by atoms with van der Waals surface area (Å²) in [6, 6.07) is 0.795. The van der Waals surface area contributed by atoms with Crippen LogP contribution in [0, 0.1) is 11.8 Å². The molecule has 0 aromatic carbocycles.